The Balaban J connectivity index is 2.99. The van der Waals surface area contributed by atoms with Crippen LogP contribution in [0.4, 0.5) is 0 Å². The van der Waals surface area contributed by atoms with Crippen molar-refractivity contribution >= 4 is 24.7 Å². The molecule has 4 nitrogen and oxygen atoms in total. The van der Waals surface area contributed by atoms with Gasteiger partial charge in [0.1, 0.15) is 11.8 Å². The zero-order valence-corrected chi connectivity index (χ0v) is 12.5. The summed E-state index contributed by atoms with van der Waals surface area (Å²) in [6.07, 6.45) is 1.81. The van der Waals surface area contributed by atoms with Crippen molar-refractivity contribution in [1.29, 1.82) is 5.26 Å². The normalized spacial score (nSPS) is 11.3. The lowest BCUT2D eigenvalue weighted by Gasteiger charge is -2.17. The van der Waals surface area contributed by atoms with Gasteiger partial charge < -0.3 is 9.14 Å². The molecule has 0 saturated carbocycles. The molecule has 0 aliphatic heterocycles. The summed E-state index contributed by atoms with van der Waals surface area (Å²) in [5.74, 6) is -0.373. The molecule has 0 radical (unpaired) electrons. The maximum Gasteiger partial charge on any atom is 0.339 e. The van der Waals surface area contributed by atoms with Crippen molar-refractivity contribution in [2.24, 2.45) is 0 Å². The van der Waals surface area contributed by atoms with Crippen LogP contribution in [0, 0.1) is 11.3 Å². The molecule has 0 aliphatic rings. The zero-order valence-electron chi connectivity index (χ0n) is 11.5. The second kappa shape index (κ2) is 4.56. The van der Waals surface area contributed by atoms with Crippen LogP contribution in [0.1, 0.15) is 16.1 Å². The van der Waals surface area contributed by atoms with Gasteiger partial charge in [0.15, 0.2) is 0 Å². The largest absolute Gasteiger partial charge is 0.465 e. The number of aromatic nitrogens is 1. The van der Waals surface area contributed by atoms with Gasteiger partial charge in [-0.05, 0) is 17.3 Å². The first-order valence-electron chi connectivity index (χ1n) is 6.03. The maximum atomic E-state index is 12.1. The van der Waals surface area contributed by atoms with E-state index < -0.39 is 8.07 Å². The molecular weight excluding hydrogens is 256 g/mol. The molecule has 0 amide bonds. The van der Waals surface area contributed by atoms with Crippen molar-refractivity contribution < 1.29 is 9.53 Å². The van der Waals surface area contributed by atoms with Gasteiger partial charge in [-0.3, -0.25) is 0 Å². The van der Waals surface area contributed by atoms with E-state index in [0.29, 0.717) is 11.3 Å². The second-order valence-electron chi connectivity index (χ2n) is 5.41. The smallest absolute Gasteiger partial charge is 0.339 e. The minimum Gasteiger partial charge on any atom is -0.465 e. The van der Waals surface area contributed by atoms with E-state index in [0.717, 1.165) is 10.7 Å². The van der Waals surface area contributed by atoms with Crippen LogP contribution >= 0.6 is 0 Å². The number of carbonyl (C=O) groups excluding carboxylic acids is 1. The molecule has 5 heteroatoms. The Bertz CT molecular complexity index is 690. The van der Waals surface area contributed by atoms with Crippen molar-refractivity contribution in [3.63, 3.8) is 0 Å². The number of ether oxygens (including phenoxy) is 1. The van der Waals surface area contributed by atoms with E-state index in [4.69, 9.17) is 4.74 Å². The number of nitrogens with zero attached hydrogens (tertiary/aromatic N) is 2. The highest BCUT2D eigenvalue weighted by atomic mass is 28.3. The zero-order chi connectivity index (χ0) is 14.2. The molecular formula is C14H16N2O2Si. The first kappa shape index (κ1) is 13.4. The summed E-state index contributed by atoms with van der Waals surface area (Å²) < 4.78 is 6.68. The van der Waals surface area contributed by atoms with Gasteiger partial charge in [-0.15, -0.1) is 0 Å². The van der Waals surface area contributed by atoms with Gasteiger partial charge in [-0.25, -0.2) is 4.79 Å². The Morgan fingerprint density at radius 3 is 2.58 bits per heavy atom. The van der Waals surface area contributed by atoms with E-state index in [2.05, 4.69) is 25.7 Å². The first-order valence-corrected chi connectivity index (χ1v) is 9.53. The fourth-order valence-electron chi connectivity index (χ4n) is 2.36. The standard InChI is InChI=1S/C14H16N2O2Si/c1-18-14(17)12-10-7-5-6-8-16(10)11(9-15)13(12)19(2,3)4/h5-8H,1-4H3. The summed E-state index contributed by atoms with van der Waals surface area (Å²) in [5, 5.41) is 10.3. The molecule has 0 saturated heterocycles. The van der Waals surface area contributed by atoms with Gasteiger partial charge in [-0.1, -0.05) is 25.7 Å². The van der Waals surface area contributed by atoms with E-state index in [9.17, 15) is 10.1 Å². The SMILES string of the molecule is COC(=O)c1c([Si](C)(C)C)c(C#N)n2ccccc12. The lowest BCUT2D eigenvalue weighted by Crippen LogP contribution is -2.42. The third-order valence-corrected chi connectivity index (χ3v) is 5.08. The van der Waals surface area contributed by atoms with Crippen LogP contribution < -0.4 is 5.19 Å². The van der Waals surface area contributed by atoms with Gasteiger partial charge in [0.05, 0.1) is 26.3 Å². The van der Waals surface area contributed by atoms with Crippen LogP contribution in [0.2, 0.25) is 19.6 Å². The molecule has 19 heavy (non-hydrogen) atoms. The molecule has 0 atom stereocenters. The van der Waals surface area contributed by atoms with E-state index in [1.807, 2.05) is 24.4 Å². The van der Waals surface area contributed by atoms with E-state index in [1.165, 1.54) is 7.11 Å². The van der Waals surface area contributed by atoms with Crippen LogP contribution in [0.3, 0.4) is 0 Å². The second-order valence-corrected chi connectivity index (χ2v) is 10.4. The molecule has 0 bridgehead atoms. The molecule has 0 N–H and O–H groups in total. The van der Waals surface area contributed by atoms with Crippen molar-refractivity contribution in [3.05, 3.63) is 35.7 Å². The Morgan fingerprint density at radius 2 is 2.05 bits per heavy atom. The van der Waals surface area contributed by atoms with Crippen LogP contribution in [0.5, 0.6) is 0 Å². The molecule has 0 fully saturated rings. The van der Waals surface area contributed by atoms with Crippen molar-refractivity contribution in [2.75, 3.05) is 7.11 Å². The fraction of sp³-hybridized carbons (Fsp3) is 0.286. The number of rotatable bonds is 2. The van der Waals surface area contributed by atoms with Gasteiger partial charge >= 0.3 is 5.97 Å². The van der Waals surface area contributed by atoms with Gasteiger partial charge in [-0.2, -0.15) is 5.26 Å². The van der Waals surface area contributed by atoms with Crippen LogP contribution in [-0.2, 0) is 4.74 Å². The highest BCUT2D eigenvalue weighted by molar-refractivity contribution is 6.90. The molecule has 0 aliphatic carbocycles. The van der Waals surface area contributed by atoms with E-state index in [1.54, 1.807) is 4.40 Å². The number of methoxy groups -OCH3 is 1. The topological polar surface area (TPSA) is 54.5 Å². The quantitative estimate of drug-likeness (QED) is 0.621. The molecule has 2 aromatic rings. The van der Waals surface area contributed by atoms with Crippen LogP contribution in [0.25, 0.3) is 5.52 Å². The number of hydrogen-bond donors (Lipinski definition) is 0. The molecule has 0 spiro atoms. The number of carbonyl (C=O) groups is 1. The maximum absolute atomic E-state index is 12.1. The number of nitriles is 1. The molecule has 0 aromatic carbocycles. The van der Waals surface area contributed by atoms with Gasteiger partial charge in [0, 0.05) is 6.20 Å². The monoisotopic (exact) mass is 272 g/mol. The summed E-state index contributed by atoms with van der Waals surface area (Å²) in [6.45, 7) is 6.36. The first-order chi connectivity index (χ1) is 8.91. The fourth-order valence-corrected chi connectivity index (χ4v) is 4.22. The van der Waals surface area contributed by atoms with E-state index in [-0.39, 0.29) is 5.97 Å². The molecule has 0 unspecified atom stereocenters. The Morgan fingerprint density at radius 1 is 1.37 bits per heavy atom. The summed E-state index contributed by atoms with van der Waals surface area (Å²) in [5.41, 5.74) is 1.83. The van der Waals surface area contributed by atoms with Crippen LogP contribution in [0.15, 0.2) is 24.4 Å². The van der Waals surface area contributed by atoms with Crippen molar-refractivity contribution in [2.45, 2.75) is 19.6 Å². The average molecular weight is 272 g/mol. The molecule has 2 rings (SSSR count). The van der Waals surface area contributed by atoms with Gasteiger partial charge in [0.25, 0.3) is 0 Å². The minimum absolute atomic E-state index is 0.373. The van der Waals surface area contributed by atoms with Crippen LogP contribution in [-0.4, -0.2) is 25.6 Å². The number of pyridine rings is 1. The molecule has 2 aromatic heterocycles. The van der Waals surface area contributed by atoms with Gasteiger partial charge in [0.2, 0.25) is 0 Å². The predicted octanol–water partition coefficient (Wildman–Crippen LogP) is 2.14. The highest BCUT2D eigenvalue weighted by Crippen LogP contribution is 2.20. The summed E-state index contributed by atoms with van der Waals surface area (Å²) in [7, 11) is -0.480. The van der Waals surface area contributed by atoms with Crippen molar-refractivity contribution in [1.82, 2.24) is 4.40 Å². The predicted molar refractivity (Wildman–Crippen MR) is 76.4 cm³/mol. The lowest BCUT2D eigenvalue weighted by atomic mass is 10.2. The summed E-state index contributed by atoms with van der Waals surface area (Å²) in [4.78, 5) is 12.1. The molecule has 2 heterocycles. The number of hydrogen-bond acceptors (Lipinski definition) is 3. The summed E-state index contributed by atoms with van der Waals surface area (Å²) >= 11 is 0. The van der Waals surface area contributed by atoms with E-state index >= 15 is 0 Å². The average Bonchev–Trinajstić information content (AvgIpc) is 2.72. The summed E-state index contributed by atoms with van der Waals surface area (Å²) in [6, 6.07) is 7.79. The Hall–Kier alpha value is -2.06. The Kier molecular flexibility index (Phi) is 3.21. The third-order valence-electron chi connectivity index (χ3n) is 3.09. The Labute approximate surface area is 113 Å². The number of fused-ring (bicyclic) bond motifs is 1. The molecule has 98 valence electrons. The van der Waals surface area contributed by atoms with Crippen molar-refractivity contribution in [3.8, 4) is 6.07 Å². The minimum atomic E-state index is -1.85. The number of esters is 1. The third kappa shape index (κ3) is 2.04. The highest BCUT2D eigenvalue weighted by Gasteiger charge is 2.32. The lowest BCUT2D eigenvalue weighted by molar-refractivity contribution is 0.0604.